The maximum absolute atomic E-state index is 12.8. The smallest absolute Gasteiger partial charge is 0.306 e. The van der Waals surface area contributed by atoms with E-state index in [4.69, 9.17) is 4.74 Å². The van der Waals surface area contributed by atoms with Gasteiger partial charge in [-0.2, -0.15) is 0 Å². The maximum Gasteiger partial charge on any atom is 0.306 e. The Balaban J connectivity index is 1.35. The van der Waals surface area contributed by atoms with Crippen molar-refractivity contribution in [2.24, 2.45) is 17.8 Å². The Labute approximate surface area is 149 Å². The molecular formula is C21H27NO3. The zero-order chi connectivity index (χ0) is 17.4. The van der Waals surface area contributed by atoms with Gasteiger partial charge in [-0.25, -0.2) is 0 Å². The molecule has 1 aromatic carbocycles. The van der Waals surface area contributed by atoms with Crippen LogP contribution in [-0.4, -0.2) is 24.5 Å². The minimum atomic E-state index is -0.711. The van der Waals surface area contributed by atoms with E-state index in [0.29, 0.717) is 24.8 Å². The minimum Gasteiger partial charge on any atom is -0.453 e. The standard InChI is InChI=1S/C21H27NO3/c1-14(25-20(23)13-18-12-15-8-9-17(18)11-15)21(24)22-10-4-6-16-5-2-3-7-19(16)22/h2-3,5,7,14-15,17-18H,4,6,8-13H2,1H3/t14-,15+,17+,18-/m1/s1. The predicted octanol–water partition coefficient (Wildman–Crippen LogP) is 3.72. The van der Waals surface area contributed by atoms with E-state index < -0.39 is 6.10 Å². The summed E-state index contributed by atoms with van der Waals surface area (Å²) in [5, 5.41) is 0. The number of fused-ring (bicyclic) bond motifs is 3. The summed E-state index contributed by atoms with van der Waals surface area (Å²) in [7, 11) is 0. The molecule has 4 rings (SSSR count). The van der Waals surface area contributed by atoms with Gasteiger partial charge < -0.3 is 9.64 Å². The molecule has 0 radical (unpaired) electrons. The first-order valence-electron chi connectivity index (χ1n) is 9.70. The number of esters is 1. The molecule has 0 spiro atoms. The van der Waals surface area contributed by atoms with Crippen molar-refractivity contribution in [3.8, 4) is 0 Å². The second-order valence-electron chi connectivity index (χ2n) is 7.99. The van der Waals surface area contributed by atoms with Gasteiger partial charge in [-0.1, -0.05) is 24.6 Å². The number of para-hydroxylation sites is 1. The Morgan fingerprint density at radius 3 is 2.84 bits per heavy atom. The van der Waals surface area contributed by atoms with Crippen LogP contribution in [0.5, 0.6) is 0 Å². The zero-order valence-corrected chi connectivity index (χ0v) is 14.9. The molecule has 1 aromatic rings. The number of ether oxygens (including phenoxy) is 1. The normalized spacial score (nSPS) is 28.5. The Morgan fingerprint density at radius 1 is 1.24 bits per heavy atom. The van der Waals surface area contributed by atoms with E-state index in [2.05, 4.69) is 6.07 Å². The van der Waals surface area contributed by atoms with Crippen LogP contribution in [0.15, 0.2) is 24.3 Å². The van der Waals surface area contributed by atoms with Crippen molar-refractivity contribution >= 4 is 17.6 Å². The SMILES string of the molecule is C[C@@H](OC(=O)C[C@H]1C[C@H]2CC[C@H]1C2)C(=O)N1CCCc2ccccc21. The molecule has 2 bridgehead atoms. The summed E-state index contributed by atoms with van der Waals surface area (Å²) in [4.78, 5) is 26.9. The lowest BCUT2D eigenvalue weighted by Gasteiger charge is -2.31. The quantitative estimate of drug-likeness (QED) is 0.784. The molecule has 1 amide bonds. The minimum absolute atomic E-state index is 0.103. The van der Waals surface area contributed by atoms with Gasteiger partial charge in [0.2, 0.25) is 0 Å². The number of hydrogen-bond donors (Lipinski definition) is 0. The predicted molar refractivity (Wildman–Crippen MR) is 96.2 cm³/mol. The molecular weight excluding hydrogens is 314 g/mol. The topological polar surface area (TPSA) is 46.6 Å². The van der Waals surface area contributed by atoms with Crippen LogP contribution in [0.2, 0.25) is 0 Å². The van der Waals surface area contributed by atoms with E-state index in [1.807, 2.05) is 18.2 Å². The second kappa shape index (κ2) is 6.81. The lowest BCUT2D eigenvalue weighted by molar-refractivity contribution is -0.155. The molecule has 3 aliphatic rings. The number of nitrogens with zero attached hydrogens (tertiary/aromatic N) is 1. The first kappa shape index (κ1) is 16.6. The molecule has 1 aliphatic heterocycles. The van der Waals surface area contributed by atoms with Gasteiger partial charge in [-0.3, -0.25) is 9.59 Å². The molecule has 0 unspecified atom stereocenters. The van der Waals surface area contributed by atoms with Crippen LogP contribution in [-0.2, 0) is 20.7 Å². The molecule has 4 atom stereocenters. The third-order valence-corrected chi connectivity index (χ3v) is 6.35. The van der Waals surface area contributed by atoms with E-state index in [9.17, 15) is 9.59 Å². The number of carbonyl (C=O) groups is 2. The molecule has 2 aliphatic carbocycles. The monoisotopic (exact) mass is 341 g/mol. The van der Waals surface area contributed by atoms with Crippen LogP contribution in [0, 0.1) is 17.8 Å². The fourth-order valence-electron chi connectivity index (χ4n) is 5.12. The molecule has 2 fully saturated rings. The Morgan fingerprint density at radius 2 is 2.08 bits per heavy atom. The highest BCUT2D eigenvalue weighted by Crippen LogP contribution is 2.49. The average Bonchev–Trinajstić information content (AvgIpc) is 3.23. The number of carbonyl (C=O) groups excluding carboxylic acids is 2. The fraction of sp³-hybridized carbons (Fsp3) is 0.619. The summed E-state index contributed by atoms with van der Waals surface area (Å²) in [5.41, 5.74) is 2.16. The van der Waals surface area contributed by atoms with Crippen molar-refractivity contribution in [3.05, 3.63) is 29.8 Å². The summed E-state index contributed by atoms with van der Waals surface area (Å²) in [6.07, 6.45) is 6.78. The largest absolute Gasteiger partial charge is 0.453 e. The molecule has 4 nitrogen and oxygen atoms in total. The van der Waals surface area contributed by atoms with Crippen LogP contribution in [0.4, 0.5) is 5.69 Å². The number of rotatable bonds is 4. The third kappa shape index (κ3) is 3.31. The van der Waals surface area contributed by atoms with Gasteiger partial charge in [-0.05, 0) is 68.4 Å². The van der Waals surface area contributed by atoms with E-state index in [1.54, 1.807) is 11.8 Å². The highest BCUT2D eigenvalue weighted by molar-refractivity contribution is 5.98. The van der Waals surface area contributed by atoms with Crippen molar-refractivity contribution in [2.75, 3.05) is 11.4 Å². The van der Waals surface area contributed by atoms with Crippen LogP contribution in [0.3, 0.4) is 0 Å². The summed E-state index contributed by atoms with van der Waals surface area (Å²) < 4.78 is 5.52. The van der Waals surface area contributed by atoms with Crippen molar-refractivity contribution < 1.29 is 14.3 Å². The Kier molecular flexibility index (Phi) is 4.53. The fourth-order valence-corrected chi connectivity index (χ4v) is 5.12. The van der Waals surface area contributed by atoms with Crippen LogP contribution >= 0.6 is 0 Å². The van der Waals surface area contributed by atoms with E-state index in [-0.39, 0.29) is 11.9 Å². The average molecular weight is 341 g/mol. The van der Waals surface area contributed by atoms with Crippen LogP contribution < -0.4 is 4.90 Å². The van der Waals surface area contributed by atoms with Crippen LogP contribution in [0.25, 0.3) is 0 Å². The van der Waals surface area contributed by atoms with Gasteiger partial charge in [0, 0.05) is 18.7 Å². The number of hydrogen-bond acceptors (Lipinski definition) is 3. The first-order valence-corrected chi connectivity index (χ1v) is 9.70. The molecule has 4 heteroatoms. The summed E-state index contributed by atoms with van der Waals surface area (Å²) in [6, 6.07) is 8.01. The highest BCUT2D eigenvalue weighted by atomic mass is 16.5. The van der Waals surface area contributed by atoms with Gasteiger partial charge >= 0.3 is 5.97 Å². The van der Waals surface area contributed by atoms with Crippen molar-refractivity contribution in [1.29, 1.82) is 0 Å². The molecule has 0 aromatic heterocycles. The molecule has 134 valence electrons. The molecule has 0 N–H and O–H groups in total. The molecule has 1 heterocycles. The number of anilines is 1. The van der Waals surface area contributed by atoms with E-state index in [0.717, 1.165) is 24.4 Å². The second-order valence-corrected chi connectivity index (χ2v) is 7.99. The van der Waals surface area contributed by atoms with Crippen molar-refractivity contribution in [1.82, 2.24) is 0 Å². The van der Waals surface area contributed by atoms with Gasteiger partial charge in [0.1, 0.15) is 0 Å². The van der Waals surface area contributed by atoms with Crippen LogP contribution in [0.1, 0.15) is 51.0 Å². The third-order valence-electron chi connectivity index (χ3n) is 6.35. The Bertz CT molecular complexity index is 671. The Hall–Kier alpha value is -1.84. The summed E-state index contributed by atoms with van der Waals surface area (Å²) >= 11 is 0. The lowest BCUT2D eigenvalue weighted by Crippen LogP contribution is -2.43. The van der Waals surface area contributed by atoms with Gasteiger partial charge in [0.05, 0.1) is 0 Å². The van der Waals surface area contributed by atoms with E-state index >= 15 is 0 Å². The number of aryl methyl sites for hydroxylation is 1. The summed E-state index contributed by atoms with van der Waals surface area (Å²) in [5.74, 6) is 1.70. The molecule has 0 saturated heterocycles. The highest BCUT2D eigenvalue weighted by Gasteiger charge is 2.40. The van der Waals surface area contributed by atoms with Crippen molar-refractivity contribution in [3.63, 3.8) is 0 Å². The summed E-state index contributed by atoms with van der Waals surface area (Å²) in [6.45, 7) is 2.41. The number of benzene rings is 1. The van der Waals surface area contributed by atoms with Crippen molar-refractivity contribution in [2.45, 2.75) is 58.0 Å². The van der Waals surface area contributed by atoms with Gasteiger partial charge in [-0.15, -0.1) is 0 Å². The zero-order valence-electron chi connectivity index (χ0n) is 14.9. The maximum atomic E-state index is 12.8. The molecule has 2 saturated carbocycles. The van der Waals surface area contributed by atoms with Gasteiger partial charge in [0.15, 0.2) is 6.10 Å². The first-order chi connectivity index (χ1) is 12.1. The molecule has 25 heavy (non-hydrogen) atoms. The van der Waals surface area contributed by atoms with Gasteiger partial charge in [0.25, 0.3) is 5.91 Å². The lowest BCUT2D eigenvalue weighted by atomic mass is 9.86. The van der Waals surface area contributed by atoms with E-state index in [1.165, 1.54) is 31.2 Å². The number of amides is 1.